The predicted octanol–water partition coefficient (Wildman–Crippen LogP) is 2.82. The van der Waals surface area contributed by atoms with Crippen LogP contribution in [0.15, 0.2) is 17.1 Å². The molecule has 2 heterocycles. The van der Waals surface area contributed by atoms with Gasteiger partial charge in [-0.1, -0.05) is 0 Å². The third-order valence-corrected chi connectivity index (χ3v) is 4.17. The molecule has 2 aromatic rings. The number of ether oxygens (including phenoxy) is 1. The van der Waals surface area contributed by atoms with Crippen molar-refractivity contribution in [3.05, 3.63) is 27.7 Å². The smallest absolute Gasteiger partial charge is 0.277 e. The Hall–Kier alpha value is -1.31. The summed E-state index contributed by atoms with van der Waals surface area (Å²) < 4.78 is 5.39. The van der Waals surface area contributed by atoms with Gasteiger partial charge in [-0.15, -0.1) is 22.7 Å². The maximum absolute atomic E-state index is 12.1. The Kier molecular flexibility index (Phi) is 4.28. The van der Waals surface area contributed by atoms with Crippen molar-refractivity contribution in [1.29, 1.82) is 0 Å². The number of hydrogen-bond acceptors (Lipinski definition) is 6. The molecule has 19 heavy (non-hydrogen) atoms. The molecule has 1 amide bonds. The molecular weight excluding hydrogens is 282 g/mol. The van der Waals surface area contributed by atoms with E-state index in [0.717, 1.165) is 4.88 Å². The number of carbonyl (C=O) groups excluding carboxylic acids is 1. The average molecular weight is 297 g/mol. The van der Waals surface area contributed by atoms with E-state index in [1.165, 1.54) is 22.7 Å². The fourth-order valence-corrected chi connectivity index (χ4v) is 2.98. The van der Waals surface area contributed by atoms with Gasteiger partial charge < -0.3 is 4.74 Å². The van der Waals surface area contributed by atoms with E-state index in [9.17, 15) is 4.79 Å². The molecule has 5 nitrogen and oxygen atoms in total. The Morgan fingerprint density at radius 2 is 2.21 bits per heavy atom. The van der Waals surface area contributed by atoms with Crippen molar-refractivity contribution < 1.29 is 9.53 Å². The first-order chi connectivity index (χ1) is 9.02. The Bertz CT molecular complexity index is 549. The van der Waals surface area contributed by atoms with Gasteiger partial charge in [0, 0.05) is 30.0 Å². The fourth-order valence-electron chi connectivity index (χ4n) is 1.48. The lowest BCUT2D eigenvalue weighted by atomic mass is 10.0. The molecule has 0 unspecified atom stereocenters. The van der Waals surface area contributed by atoms with Crippen molar-refractivity contribution in [3.63, 3.8) is 0 Å². The molecule has 0 fully saturated rings. The van der Waals surface area contributed by atoms with Crippen molar-refractivity contribution >= 4 is 33.7 Å². The summed E-state index contributed by atoms with van der Waals surface area (Å²) in [7, 11) is 1.66. The van der Waals surface area contributed by atoms with Gasteiger partial charge in [0.1, 0.15) is 5.69 Å². The molecule has 0 saturated carbocycles. The molecule has 102 valence electrons. The summed E-state index contributed by atoms with van der Waals surface area (Å²) in [5, 5.41) is 5.13. The van der Waals surface area contributed by atoms with Gasteiger partial charge in [-0.3, -0.25) is 10.1 Å². The Balaban J connectivity index is 2.13. The van der Waals surface area contributed by atoms with Crippen LogP contribution in [0.2, 0.25) is 0 Å². The van der Waals surface area contributed by atoms with E-state index in [1.54, 1.807) is 18.8 Å². The highest BCUT2D eigenvalue weighted by atomic mass is 32.1. The van der Waals surface area contributed by atoms with Crippen LogP contribution in [0.1, 0.15) is 29.2 Å². The molecule has 7 heteroatoms. The van der Waals surface area contributed by atoms with Crippen molar-refractivity contribution in [2.24, 2.45) is 0 Å². The molecule has 0 atom stereocenters. The molecule has 2 rings (SSSR count). The third kappa shape index (κ3) is 3.59. The number of nitrogens with one attached hydrogen (secondary N) is 1. The summed E-state index contributed by atoms with van der Waals surface area (Å²) in [4.78, 5) is 21.2. The summed E-state index contributed by atoms with van der Waals surface area (Å²) in [6.07, 6.45) is 2.30. The Morgan fingerprint density at radius 3 is 2.84 bits per heavy atom. The highest BCUT2D eigenvalue weighted by Gasteiger charge is 2.23. The number of anilines is 1. The number of carbonyl (C=O) groups is 1. The van der Waals surface area contributed by atoms with Crippen molar-refractivity contribution in [3.8, 4) is 0 Å². The van der Waals surface area contributed by atoms with Crippen molar-refractivity contribution in [2.45, 2.75) is 25.9 Å². The zero-order chi connectivity index (χ0) is 13.9. The summed E-state index contributed by atoms with van der Waals surface area (Å²) in [5.74, 6) is -0.224. The summed E-state index contributed by atoms with van der Waals surface area (Å²) >= 11 is 2.84. The number of methoxy groups -OCH3 is 1. The maximum atomic E-state index is 12.1. The topological polar surface area (TPSA) is 64.1 Å². The highest BCUT2D eigenvalue weighted by Crippen LogP contribution is 2.23. The van der Waals surface area contributed by atoms with E-state index in [-0.39, 0.29) is 11.5 Å². The van der Waals surface area contributed by atoms with Crippen molar-refractivity contribution in [1.82, 2.24) is 9.97 Å². The summed E-state index contributed by atoms with van der Waals surface area (Å²) in [5.41, 5.74) is 1.81. The maximum Gasteiger partial charge on any atom is 0.277 e. The van der Waals surface area contributed by atoms with Gasteiger partial charge in [-0.2, -0.15) is 0 Å². The SMILES string of the molecule is COC(C)(C)Cc1scnc1C(=O)Nc1nccs1. The van der Waals surface area contributed by atoms with Gasteiger partial charge in [0.25, 0.3) is 5.91 Å². The molecule has 0 aliphatic rings. The van der Waals surface area contributed by atoms with E-state index in [4.69, 9.17) is 4.74 Å². The van der Waals surface area contributed by atoms with Crippen LogP contribution in [0.4, 0.5) is 5.13 Å². The molecule has 0 aliphatic carbocycles. The summed E-state index contributed by atoms with van der Waals surface area (Å²) in [6, 6.07) is 0. The van der Waals surface area contributed by atoms with Crippen LogP contribution < -0.4 is 5.32 Å². The van der Waals surface area contributed by atoms with E-state index in [2.05, 4.69) is 15.3 Å². The number of thiazole rings is 2. The van der Waals surface area contributed by atoms with Gasteiger partial charge in [-0.25, -0.2) is 9.97 Å². The van der Waals surface area contributed by atoms with E-state index in [1.807, 2.05) is 19.2 Å². The minimum absolute atomic E-state index is 0.224. The first-order valence-electron chi connectivity index (χ1n) is 5.70. The Morgan fingerprint density at radius 1 is 1.42 bits per heavy atom. The molecule has 0 aromatic carbocycles. The number of aromatic nitrogens is 2. The lowest BCUT2D eigenvalue weighted by Crippen LogP contribution is -2.26. The molecule has 0 saturated heterocycles. The molecule has 0 radical (unpaired) electrons. The van der Waals surface area contributed by atoms with Gasteiger partial charge in [0.15, 0.2) is 5.13 Å². The van der Waals surface area contributed by atoms with Gasteiger partial charge in [-0.05, 0) is 13.8 Å². The monoisotopic (exact) mass is 297 g/mol. The molecule has 0 spiro atoms. The lowest BCUT2D eigenvalue weighted by Gasteiger charge is -2.22. The van der Waals surface area contributed by atoms with Crippen LogP contribution in [0.5, 0.6) is 0 Å². The van der Waals surface area contributed by atoms with Gasteiger partial charge >= 0.3 is 0 Å². The first kappa shape index (κ1) is 14.1. The molecule has 0 aliphatic heterocycles. The van der Waals surface area contributed by atoms with Crippen molar-refractivity contribution in [2.75, 3.05) is 12.4 Å². The number of nitrogens with zero attached hydrogens (tertiary/aromatic N) is 2. The second kappa shape index (κ2) is 5.77. The van der Waals surface area contributed by atoms with Crippen LogP contribution in [-0.4, -0.2) is 28.6 Å². The predicted molar refractivity (Wildman–Crippen MR) is 77.0 cm³/mol. The van der Waals surface area contributed by atoms with Gasteiger partial charge in [0.2, 0.25) is 0 Å². The first-order valence-corrected chi connectivity index (χ1v) is 7.46. The Labute approximate surface area is 119 Å². The van der Waals surface area contributed by atoms with Crippen LogP contribution in [0, 0.1) is 0 Å². The largest absolute Gasteiger partial charge is 0.378 e. The van der Waals surface area contributed by atoms with Gasteiger partial charge in [0.05, 0.1) is 11.1 Å². The number of rotatable bonds is 5. The lowest BCUT2D eigenvalue weighted by molar-refractivity contribution is 0.0237. The zero-order valence-electron chi connectivity index (χ0n) is 11.0. The fraction of sp³-hybridized carbons (Fsp3) is 0.417. The quantitative estimate of drug-likeness (QED) is 0.921. The van der Waals surface area contributed by atoms with Crippen LogP contribution in [0.25, 0.3) is 0 Å². The van der Waals surface area contributed by atoms with E-state index < -0.39 is 0 Å². The summed E-state index contributed by atoms with van der Waals surface area (Å²) in [6.45, 7) is 3.96. The second-order valence-corrected chi connectivity index (χ2v) is 6.39. The van der Waals surface area contributed by atoms with Crippen LogP contribution in [-0.2, 0) is 11.2 Å². The third-order valence-electron chi connectivity index (χ3n) is 2.65. The molecule has 1 N–H and O–H groups in total. The highest BCUT2D eigenvalue weighted by molar-refractivity contribution is 7.13. The van der Waals surface area contributed by atoms with E-state index in [0.29, 0.717) is 17.2 Å². The number of amides is 1. The van der Waals surface area contributed by atoms with Crippen LogP contribution >= 0.6 is 22.7 Å². The molecular formula is C12H15N3O2S2. The zero-order valence-corrected chi connectivity index (χ0v) is 12.6. The minimum Gasteiger partial charge on any atom is -0.378 e. The minimum atomic E-state index is -0.317. The van der Waals surface area contributed by atoms with E-state index >= 15 is 0 Å². The number of hydrogen-bond donors (Lipinski definition) is 1. The molecule has 0 bridgehead atoms. The average Bonchev–Trinajstić information content (AvgIpc) is 3.00. The second-order valence-electron chi connectivity index (χ2n) is 4.56. The normalized spacial score (nSPS) is 11.5. The van der Waals surface area contributed by atoms with Crippen LogP contribution in [0.3, 0.4) is 0 Å². The molecule has 2 aromatic heterocycles. The standard InChI is InChI=1S/C12H15N3O2S2/c1-12(2,17-3)6-8-9(14-7-19-8)10(16)15-11-13-4-5-18-11/h4-5,7H,6H2,1-3H3,(H,13,15,16).